The van der Waals surface area contributed by atoms with Crippen molar-refractivity contribution < 1.29 is 9.59 Å². The summed E-state index contributed by atoms with van der Waals surface area (Å²) in [5, 5.41) is 5.16. The zero-order valence-electron chi connectivity index (χ0n) is 9.86. The van der Waals surface area contributed by atoms with Gasteiger partial charge < -0.3 is 16.4 Å². The van der Waals surface area contributed by atoms with Crippen LogP contribution in [0.5, 0.6) is 0 Å². The number of carbonyl (C=O) groups excluding carboxylic acids is 2. The minimum atomic E-state index is -0.569. The van der Waals surface area contributed by atoms with Gasteiger partial charge in [-0.05, 0) is 18.6 Å². The number of nitrogens with zero attached hydrogens (tertiary/aromatic N) is 1. The fourth-order valence-electron chi connectivity index (χ4n) is 1.18. The molecule has 0 saturated carbocycles. The molecule has 1 aromatic heterocycles. The van der Waals surface area contributed by atoms with Gasteiger partial charge in [-0.1, -0.05) is 6.92 Å². The summed E-state index contributed by atoms with van der Waals surface area (Å²) < 4.78 is 0. The highest BCUT2D eigenvalue weighted by Gasteiger charge is 2.13. The van der Waals surface area contributed by atoms with Crippen molar-refractivity contribution in [3.05, 3.63) is 18.3 Å². The number of rotatable bonds is 4. The zero-order valence-corrected chi connectivity index (χ0v) is 9.86. The molecule has 0 unspecified atom stereocenters. The number of hydrogen-bond acceptors (Lipinski definition) is 4. The number of aromatic nitrogens is 1. The van der Waals surface area contributed by atoms with Gasteiger partial charge in [0.25, 0.3) is 0 Å². The van der Waals surface area contributed by atoms with Crippen LogP contribution in [0.3, 0.4) is 0 Å². The number of anilines is 2. The smallest absolute Gasteiger partial charge is 0.241 e. The summed E-state index contributed by atoms with van der Waals surface area (Å²) in [6.45, 7) is 3.19. The van der Waals surface area contributed by atoms with Crippen LogP contribution in [-0.4, -0.2) is 22.8 Å². The van der Waals surface area contributed by atoms with Crippen LogP contribution in [0.4, 0.5) is 11.5 Å². The molecule has 17 heavy (non-hydrogen) atoms. The van der Waals surface area contributed by atoms with Gasteiger partial charge in [0.05, 0.1) is 11.7 Å². The summed E-state index contributed by atoms with van der Waals surface area (Å²) in [5.41, 5.74) is 6.04. The van der Waals surface area contributed by atoms with E-state index in [4.69, 9.17) is 5.73 Å². The fourth-order valence-corrected chi connectivity index (χ4v) is 1.18. The maximum Gasteiger partial charge on any atom is 0.241 e. The molecule has 1 heterocycles. The van der Waals surface area contributed by atoms with Crippen LogP contribution in [-0.2, 0) is 9.59 Å². The maximum atomic E-state index is 11.6. The molecule has 0 saturated heterocycles. The van der Waals surface area contributed by atoms with Gasteiger partial charge in [-0.15, -0.1) is 0 Å². The Kier molecular flexibility index (Phi) is 4.59. The molecule has 0 aliphatic heterocycles. The Balaban J connectivity index is 2.83. The van der Waals surface area contributed by atoms with Crippen LogP contribution in [0.2, 0.25) is 0 Å². The third kappa shape index (κ3) is 3.84. The van der Waals surface area contributed by atoms with E-state index in [1.54, 1.807) is 12.1 Å². The van der Waals surface area contributed by atoms with E-state index in [-0.39, 0.29) is 11.8 Å². The second-order valence-electron chi connectivity index (χ2n) is 3.58. The van der Waals surface area contributed by atoms with Crippen molar-refractivity contribution in [3.63, 3.8) is 0 Å². The lowest BCUT2D eigenvalue weighted by Crippen LogP contribution is -2.35. The van der Waals surface area contributed by atoms with Crippen LogP contribution in [0.1, 0.15) is 20.3 Å². The number of nitrogens with two attached hydrogens (primary N) is 1. The van der Waals surface area contributed by atoms with E-state index in [0.717, 1.165) is 0 Å². The van der Waals surface area contributed by atoms with Crippen molar-refractivity contribution in [1.29, 1.82) is 0 Å². The van der Waals surface area contributed by atoms with Crippen LogP contribution in [0.25, 0.3) is 0 Å². The van der Waals surface area contributed by atoms with Gasteiger partial charge in [-0.25, -0.2) is 4.98 Å². The third-order valence-electron chi connectivity index (χ3n) is 2.14. The zero-order chi connectivity index (χ0) is 12.8. The summed E-state index contributed by atoms with van der Waals surface area (Å²) in [4.78, 5) is 26.5. The average Bonchev–Trinajstić information content (AvgIpc) is 2.29. The molecule has 1 aromatic rings. The lowest BCUT2D eigenvalue weighted by atomic mass is 10.2. The Morgan fingerprint density at radius 2 is 2.18 bits per heavy atom. The first-order valence-electron chi connectivity index (χ1n) is 5.33. The molecule has 2 amide bonds. The van der Waals surface area contributed by atoms with Gasteiger partial charge >= 0.3 is 0 Å². The summed E-state index contributed by atoms with van der Waals surface area (Å²) in [6, 6.07) is 2.75. The number of nitrogens with one attached hydrogen (secondary N) is 2. The largest absolute Gasteiger partial charge is 0.322 e. The molecule has 0 bridgehead atoms. The van der Waals surface area contributed by atoms with E-state index in [9.17, 15) is 9.59 Å². The predicted molar refractivity (Wildman–Crippen MR) is 65.4 cm³/mol. The van der Waals surface area contributed by atoms with E-state index in [1.807, 2.05) is 6.92 Å². The Morgan fingerprint density at radius 3 is 2.76 bits per heavy atom. The number of amides is 2. The van der Waals surface area contributed by atoms with Crippen molar-refractivity contribution in [2.75, 3.05) is 10.6 Å². The van der Waals surface area contributed by atoms with E-state index >= 15 is 0 Å². The summed E-state index contributed by atoms with van der Waals surface area (Å²) >= 11 is 0. The van der Waals surface area contributed by atoms with Crippen molar-refractivity contribution in [2.24, 2.45) is 5.73 Å². The van der Waals surface area contributed by atoms with E-state index in [1.165, 1.54) is 13.1 Å². The van der Waals surface area contributed by atoms with Gasteiger partial charge in [0, 0.05) is 13.1 Å². The van der Waals surface area contributed by atoms with Crippen molar-refractivity contribution >= 4 is 23.3 Å². The van der Waals surface area contributed by atoms with Crippen LogP contribution in [0, 0.1) is 0 Å². The number of carbonyl (C=O) groups is 2. The summed E-state index contributed by atoms with van der Waals surface area (Å²) in [6.07, 6.45) is 2.07. The quantitative estimate of drug-likeness (QED) is 0.717. The number of hydrogen-bond donors (Lipinski definition) is 3. The van der Waals surface area contributed by atoms with Gasteiger partial charge in [0.15, 0.2) is 5.82 Å². The molecule has 6 heteroatoms. The molecule has 0 spiro atoms. The molecule has 0 fully saturated rings. The van der Waals surface area contributed by atoms with Crippen molar-refractivity contribution in [3.8, 4) is 0 Å². The Labute approximate surface area is 99.6 Å². The third-order valence-corrected chi connectivity index (χ3v) is 2.14. The minimum Gasteiger partial charge on any atom is -0.322 e. The highest BCUT2D eigenvalue weighted by molar-refractivity contribution is 5.99. The molecule has 1 rings (SSSR count). The van der Waals surface area contributed by atoms with Gasteiger partial charge in [0.2, 0.25) is 11.8 Å². The van der Waals surface area contributed by atoms with Gasteiger partial charge in [-0.3, -0.25) is 9.59 Å². The van der Waals surface area contributed by atoms with Gasteiger partial charge in [-0.2, -0.15) is 0 Å². The highest BCUT2D eigenvalue weighted by atomic mass is 16.2. The molecule has 4 N–H and O–H groups in total. The average molecular weight is 236 g/mol. The monoisotopic (exact) mass is 236 g/mol. The standard InChI is InChI=1S/C11H16N4O2/c1-3-8(12)11(17)15-9-5-4-6-13-10(9)14-7(2)16/h4-6,8H,3,12H2,1-2H3,(H,15,17)(H,13,14,16)/t8-/m1/s1. The Bertz CT molecular complexity index is 420. The predicted octanol–water partition coefficient (Wildman–Crippen LogP) is 0.716. The molecule has 1 atom stereocenters. The van der Waals surface area contributed by atoms with E-state index in [2.05, 4.69) is 15.6 Å². The van der Waals surface area contributed by atoms with E-state index < -0.39 is 6.04 Å². The fraction of sp³-hybridized carbons (Fsp3) is 0.364. The molecule has 0 aliphatic carbocycles. The molecule has 0 aliphatic rings. The molecular weight excluding hydrogens is 220 g/mol. The maximum absolute atomic E-state index is 11.6. The Morgan fingerprint density at radius 1 is 1.47 bits per heavy atom. The summed E-state index contributed by atoms with van der Waals surface area (Å²) in [5.74, 6) is -0.234. The first kappa shape index (κ1) is 13.1. The topological polar surface area (TPSA) is 97.1 Å². The second kappa shape index (κ2) is 5.95. The first-order valence-corrected chi connectivity index (χ1v) is 5.33. The number of pyridine rings is 1. The summed E-state index contributed by atoms with van der Waals surface area (Å²) in [7, 11) is 0. The van der Waals surface area contributed by atoms with E-state index in [0.29, 0.717) is 17.9 Å². The van der Waals surface area contributed by atoms with Crippen LogP contribution >= 0.6 is 0 Å². The molecule has 6 nitrogen and oxygen atoms in total. The Hall–Kier alpha value is -1.95. The van der Waals surface area contributed by atoms with Crippen LogP contribution in [0.15, 0.2) is 18.3 Å². The normalized spacial score (nSPS) is 11.7. The first-order chi connectivity index (χ1) is 8.04. The molecule has 0 aromatic carbocycles. The van der Waals surface area contributed by atoms with Crippen molar-refractivity contribution in [2.45, 2.75) is 26.3 Å². The van der Waals surface area contributed by atoms with Gasteiger partial charge in [0.1, 0.15) is 0 Å². The molecule has 0 radical (unpaired) electrons. The highest BCUT2D eigenvalue weighted by Crippen LogP contribution is 2.17. The van der Waals surface area contributed by atoms with Crippen LogP contribution < -0.4 is 16.4 Å². The SMILES string of the molecule is CC[C@@H](N)C(=O)Nc1cccnc1NC(C)=O. The van der Waals surface area contributed by atoms with Crippen molar-refractivity contribution in [1.82, 2.24) is 4.98 Å². The molecular formula is C11H16N4O2. The lowest BCUT2D eigenvalue weighted by molar-refractivity contribution is -0.117. The minimum absolute atomic E-state index is 0.251. The second-order valence-corrected chi connectivity index (χ2v) is 3.58. The molecule has 92 valence electrons. The lowest BCUT2D eigenvalue weighted by Gasteiger charge is -2.12.